The monoisotopic (exact) mass is 231 g/mol. The van der Waals surface area contributed by atoms with Gasteiger partial charge < -0.3 is 0 Å². The Morgan fingerprint density at radius 3 is 2.27 bits per heavy atom. The largest absolute Gasteiger partial charge is 0.283 e. The Kier molecular flexibility index (Phi) is 4.14. The lowest BCUT2D eigenvalue weighted by molar-refractivity contribution is -0.153. The van der Waals surface area contributed by atoms with Gasteiger partial charge in [-0.15, -0.1) is 11.6 Å². The van der Waals surface area contributed by atoms with Crippen LogP contribution in [0.15, 0.2) is 0 Å². The van der Waals surface area contributed by atoms with Gasteiger partial charge in [0.15, 0.2) is 0 Å². The van der Waals surface area contributed by atoms with Crippen molar-refractivity contribution in [2.75, 3.05) is 12.4 Å². The van der Waals surface area contributed by atoms with Crippen molar-refractivity contribution in [3.63, 3.8) is 0 Å². The Hall–Kier alpha value is -0.570. The standard InChI is InChI=1S/C11H18ClNO2/c1-3-11(2)7-9(14)13(6-4-5-12)10(15)8-11/h3-8H2,1-2H3. The summed E-state index contributed by atoms with van der Waals surface area (Å²) in [6.45, 7) is 4.50. The van der Waals surface area contributed by atoms with E-state index < -0.39 is 0 Å². The van der Waals surface area contributed by atoms with Crippen molar-refractivity contribution < 1.29 is 9.59 Å². The van der Waals surface area contributed by atoms with Gasteiger partial charge >= 0.3 is 0 Å². The maximum absolute atomic E-state index is 11.7. The molecule has 0 aromatic rings. The number of piperidine rings is 1. The van der Waals surface area contributed by atoms with Crippen molar-refractivity contribution in [3.05, 3.63) is 0 Å². The number of halogens is 1. The zero-order chi connectivity index (χ0) is 11.5. The fourth-order valence-corrected chi connectivity index (χ4v) is 1.96. The number of amides is 2. The lowest BCUT2D eigenvalue weighted by atomic mass is 9.77. The molecule has 1 heterocycles. The third-order valence-corrected chi connectivity index (χ3v) is 3.39. The number of nitrogens with zero attached hydrogens (tertiary/aromatic N) is 1. The number of likely N-dealkylation sites (tertiary alicyclic amines) is 1. The van der Waals surface area contributed by atoms with Gasteiger partial charge in [-0.3, -0.25) is 14.5 Å². The van der Waals surface area contributed by atoms with E-state index in [2.05, 4.69) is 0 Å². The summed E-state index contributed by atoms with van der Waals surface area (Å²) in [6.07, 6.45) is 2.52. The Morgan fingerprint density at radius 1 is 1.33 bits per heavy atom. The average molecular weight is 232 g/mol. The number of imide groups is 1. The van der Waals surface area contributed by atoms with Gasteiger partial charge in [0.05, 0.1) is 0 Å². The van der Waals surface area contributed by atoms with Crippen molar-refractivity contribution >= 4 is 23.4 Å². The molecular formula is C11H18ClNO2. The van der Waals surface area contributed by atoms with Gasteiger partial charge in [0.2, 0.25) is 11.8 Å². The molecule has 0 atom stereocenters. The van der Waals surface area contributed by atoms with E-state index in [-0.39, 0.29) is 17.2 Å². The van der Waals surface area contributed by atoms with E-state index >= 15 is 0 Å². The molecule has 86 valence electrons. The first kappa shape index (κ1) is 12.5. The van der Waals surface area contributed by atoms with Crippen LogP contribution >= 0.6 is 11.6 Å². The smallest absolute Gasteiger partial charge is 0.229 e. The van der Waals surface area contributed by atoms with Gasteiger partial charge in [-0.05, 0) is 18.3 Å². The van der Waals surface area contributed by atoms with Crippen LogP contribution in [0.3, 0.4) is 0 Å². The lowest BCUT2D eigenvalue weighted by Gasteiger charge is -2.36. The molecule has 1 aliphatic rings. The predicted molar refractivity (Wildman–Crippen MR) is 59.7 cm³/mol. The summed E-state index contributed by atoms with van der Waals surface area (Å²) in [6, 6.07) is 0. The van der Waals surface area contributed by atoms with Gasteiger partial charge in [0, 0.05) is 25.3 Å². The summed E-state index contributed by atoms with van der Waals surface area (Å²) >= 11 is 5.55. The Bertz CT molecular complexity index is 247. The number of hydrogen-bond acceptors (Lipinski definition) is 2. The molecule has 1 aliphatic heterocycles. The topological polar surface area (TPSA) is 37.4 Å². The fraction of sp³-hybridized carbons (Fsp3) is 0.818. The molecule has 0 N–H and O–H groups in total. The van der Waals surface area contributed by atoms with Crippen LogP contribution in [0.2, 0.25) is 0 Å². The highest BCUT2D eigenvalue weighted by molar-refractivity contribution is 6.17. The van der Waals surface area contributed by atoms with Crippen molar-refractivity contribution in [3.8, 4) is 0 Å². The summed E-state index contributed by atoms with van der Waals surface area (Å²) < 4.78 is 0. The van der Waals surface area contributed by atoms with E-state index in [0.717, 1.165) is 6.42 Å². The molecule has 0 bridgehead atoms. The van der Waals surface area contributed by atoms with Gasteiger partial charge in [-0.2, -0.15) is 0 Å². The lowest BCUT2D eigenvalue weighted by Crippen LogP contribution is -2.47. The SMILES string of the molecule is CCC1(C)CC(=O)N(CCCCl)C(=O)C1. The first-order valence-corrected chi connectivity index (χ1v) is 5.95. The maximum atomic E-state index is 11.7. The fourth-order valence-electron chi connectivity index (χ4n) is 1.84. The average Bonchev–Trinajstić information content (AvgIpc) is 2.16. The van der Waals surface area contributed by atoms with Gasteiger partial charge in [0.25, 0.3) is 0 Å². The van der Waals surface area contributed by atoms with E-state index in [4.69, 9.17) is 11.6 Å². The van der Waals surface area contributed by atoms with Crippen molar-refractivity contribution in [1.29, 1.82) is 0 Å². The van der Waals surface area contributed by atoms with E-state index in [1.165, 1.54) is 4.90 Å². The molecule has 2 amide bonds. The highest BCUT2D eigenvalue weighted by Crippen LogP contribution is 2.35. The summed E-state index contributed by atoms with van der Waals surface area (Å²) in [4.78, 5) is 24.9. The van der Waals surface area contributed by atoms with Crippen molar-refractivity contribution in [2.24, 2.45) is 5.41 Å². The van der Waals surface area contributed by atoms with Crippen LogP contribution in [0.4, 0.5) is 0 Å². The number of rotatable bonds is 4. The minimum atomic E-state index is -0.133. The quantitative estimate of drug-likeness (QED) is 0.549. The molecule has 0 spiro atoms. The first-order chi connectivity index (χ1) is 7.02. The Morgan fingerprint density at radius 2 is 1.87 bits per heavy atom. The molecule has 3 nitrogen and oxygen atoms in total. The molecule has 1 rings (SSSR count). The minimum absolute atomic E-state index is 0.0410. The zero-order valence-electron chi connectivity index (χ0n) is 9.38. The van der Waals surface area contributed by atoms with Gasteiger partial charge in [-0.25, -0.2) is 0 Å². The number of hydrogen-bond donors (Lipinski definition) is 0. The molecule has 1 fully saturated rings. The van der Waals surface area contributed by atoms with Crippen molar-refractivity contribution in [2.45, 2.75) is 39.5 Å². The normalized spacial score (nSPS) is 20.9. The summed E-state index contributed by atoms with van der Waals surface area (Å²) in [5, 5.41) is 0. The van der Waals surface area contributed by atoms with Crippen LogP contribution < -0.4 is 0 Å². The van der Waals surface area contributed by atoms with E-state index in [1.807, 2.05) is 13.8 Å². The minimum Gasteiger partial charge on any atom is -0.283 e. The second-order valence-corrected chi connectivity index (χ2v) is 4.88. The van der Waals surface area contributed by atoms with Crippen LogP contribution in [0.1, 0.15) is 39.5 Å². The second-order valence-electron chi connectivity index (χ2n) is 4.50. The third-order valence-electron chi connectivity index (χ3n) is 3.13. The number of carbonyl (C=O) groups is 2. The molecule has 0 aromatic heterocycles. The highest BCUT2D eigenvalue weighted by Gasteiger charge is 2.38. The number of carbonyl (C=O) groups excluding carboxylic acids is 2. The molecule has 4 heteroatoms. The molecular weight excluding hydrogens is 214 g/mol. The zero-order valence-corrected chi connectivity index (χ0v) is 10.1. The molecule has 15 heavy (non-hydrogen) atoms. The molecule has 0 aliphatic carbocycles. The summed E-state index contributed by atoms with van der Waals surface area (Å²) in [5.41, 5.74) is -0.133. The number of alkyl halides is 1. The Labute approximate surface area is 95.8 Å². The highest BCUT2D eigenvalue weighted by atomic mass is 35.5. The van der Waals surface area contributed by atoms with E-state index in [0.29, 0.717) is 31.7 Å². The predicted octanol–water partition coefficient (Wildman–Crippen LogP) is 2.18. The van der Waals surface area contributed by atoms with Crippen LogP contribution in [0, 0.1) is 5.41 Å². The van der Waals surface area contributed by atoms with Crippen LogP contribution in [0.5, 0.6) is 0 Å². The molecule has 0 radical (unpaired) electrons. The van der Waals surface area contributed by atoms with Crippen LogP contribution in [0.25, 0.3) is 0 Å². The maximum Gasteiger partial charge on any atom is 0.229 e. The molecule has 0 unspecified atom stereocenters. The van der Waals surface area contributed by atoms with Gasteiger partial charge in [-0.1, -0.05) is 13.8 Å². The molecule has 0 saturated carbocycles. The third kappa shape index (κ3) is 2.94. The van der Waals surface area contributed by atoms with Crippen LogP contribution in [-0.4, -0.2) is 29.1 Å². The Balaban J connectivity index is 2.65. The first-order valence-electron chi connectivity index (χ1n) is 5.41. The van der Waals surface area contributed by atoms with E-state index in [9.17, 15) is 9.59 Å². The molecule has 1 saturated heterocycles. The van der Waals surface area contributed by atoms with Crippen molar-refractivity contribution in [1.82, 2.24) is 4.90 Å². The van der Waals surface area contributed by atoms with Gasteiger partial charge in [0.1, 0.15) is 0 Å². The molecule has 0 aromatic carbocycles. The van der Waals surface area contributed by atoms with Crippen LogP contribution in [-0.2, 0) is 9.59 Å². The summed E-state index contributed by atoms with van der Waals surface area (Å²) in [7, 11) is 0. The van der Waals surface area contributed by atoms with E-state index in [1.54, 1.807) is 0 Å². The summed E-state index contributed by atoms with van der Waals surface area (Å²) in [5.74, 6) is 0.406. The second kappa shape index (κ2) is 4.97.